The van der Waals surface area contributed by atoms with E-state index in [1.165, 1.54) is 6.92 Å². The van der Waals surface area contributed by atoms with Crippen LogP contribution in [0.25, 0.3) is 0 Å². The van der Waals surface area contributed by atoms with Crippen molar-refractivity contribution in [3.63, 3.8) is 0 Å². The first kappa shape index (κ1) is 21.2. The standard InChI is InChI=1S/C23H29NO6/c1-12-8-16-11-29-23(22(28)20(27)19(26)21(30-23)13(2)25)18(16)10-15(12)9-14-4-6-17(24-3)7-5-14/h4-8,10,13,19-22,24-28H,9,11H2,1-3H3/t13-,19+,20+,21-,22-,23+/m1/s1. The largest absolute Gasteiger partial charge is 0.391 e. The van der Waals surface area contributed by atoms with E-state index in [-0.39, 0.29) is 6.61 Å². The lowest BCUT2D eigenvalue weighted by Gasteiger charge is -2.47. The zero-order valence-electron chi connectivity index (χ0n) is 17.4. The van der Waals surface area contributed by atoms with Crippen LogP contribution in [0.4, 0.5) is 5.69 Å². The van der Waals surface area contributed by atoms with Crippen LogP contribution < -0.4 is 5.32 Å². The Hall–Kier alpha value is -2.00. The molecule has 4 rings (SSSR count). The van der Waals surface area contributed by atoms with Crippen LogP contribution in [-0.2, 0) is 28.3 Å². The zero-order valence-corrected chi connectivity index (χ0v) is 17.4. The van der Waals surface area contributed by atoms with Gasteiger partial charge in [0.2, 0.25) is 5.79 Å². The van der Waals surface area contributed by atoms with E-state index in [2.05, 4.69) is 17.4 Å². The maximum absolute atomic E-state index is 10.8. The molecule has 2 heterocycles. The Labute approximate surface area is 175 Å². The minimum atomic E-state index is -1.63. The highest BCUT2D eigenvalue weighted by molar-refractivity contribution is 5.47. The number of rotatable bonds is 4. The monoisotopic (exact) mass is 415 g/mol. The van der Waals surface area contributed by atoms with Crippen LogP contribution in [-0.4, -0.2) is 58.0 Å². The summed E-state index contributed by atoms with van der Waals surface area (Å²) in [7, 11) is 1.88. The van der Waals surface area contributed by atoms with Gasteiger partial charge in [-0.25, -0.2) is 0 Å². The van der Waals surface area contributed by atoms with E-state index in [1.807, 2.05) is 38.2 Å². The molecule has 2 aromatic carbocycles. The highest BCUT2D eigenvalue weighted by Gasteiger charge is 2.59. The molecule has 1 spiro atoms. The fourth-order valence-corrected chi connectivity index (χ4v) is 4.39. The summed E-state index contributed by atoms with van der Waals surface area (Å²) in [6.45, 7) is 3.70. The molecule has 0 saturated carbocycles. The number of aliphatic hydroxyl groups excluding tert-OH is 4. The molecule has 0 aromatic heterocycles. The quantitative estimate of drug-likeness (QED) is 0.510. The number of fused-ring (bicyclic) bond motifs is 2. The average molecular weight is 415 g/mol. The Morgan fingerprint density at radius 3 is 2.47 bits per heavy atom. The van der Waals surface area contributed by atoms with E-state index in [0.717, 1.165) is 27.9 Å². The summed E-state index contributed by atoms with van der Waals surface area (Å²) in [6.07, 6.45) is -5.89. The van der Waals surface area contributed by atoms with Crippen LogP contribution in [0.5, 0.6) is 0 Å². The van der Waals surface area contributed by atoms with Crippen LogP contribution in [0.1, 0.15) is 34.7 Å². The molecule has 5 N–H and O–H groups in total. The molecule has 0 unspecified atom stereocenters. The molecule has 162 valence electrons. The lowest BCUT2D eigenvalue weighted by molar-refractivity contribution is -0.374. The van der Waals surface area contributed by atoms with Crippen LogP contribution >= 0.6 is 0 Å². The predicted molar refractivity (Wildman–Crippen MR) is 111 cm³/mol. The number of hydrogen-bond donors (Lipinski definition) is 5. The van der Waals surface area contributed by atoms with Gasteiger partial charge in [-0.1, -0.05) is 18.2 Å². The Bertz CT molecular complexity index is 915. The molecular weight excluding hydrogens is 386 g/mol. The minimum absolute atomic E-state index is 0.208. The van der Waals surface area contributed by atoms with Crippen molar-refractivity contribution >= 4 is 5.69 Å². The Balaban J connectivity index is 1.72. The van der Waals surface area contributed by atoms with Gasteiger partial charge in [-0.3, -0.25) is 0 Å². The van der Waals surface area contributed by atoms with Gasteiger partial charge in [-0.2, -0.15) is 0 Å². The van der Waals surface area contributed by atoms with Gasteiger partial charge in [0, 0.05) is 18.3 Å². The van der Waals surface area contributed by atoms with Gasteiger partial charge in [0.05, 0.1) is 12.7 Å². The van der Waals surface area contributed by atoms with Gasteiger partial charge >= 0.3 is 0 Å². The number of aryl methyl sites for hydroxylation is 1. The second-order valence-electron chi connectivity index (χ2n) is 8.26. The van der Waals surface area contributed by atoms with Gasteiger partial charge < -0.3 is 35.2 Å². The number of ether oxygens (including phenoxy) is 2. The SMILES string of the molecule is CNc1ccc(Cc2cc3c(cc2C)CO[C@]32O[C@H]([C@@H](C)O)[C@@H](O)[C@H](O)[C@H]2O)cc1. The molecule has 0 bridgehead atoms. The van der Waals surface area contributed by atoms with Crippen LogP contribution in [0.3, 0.4) is 0 Å². The van der Waals surface area contributed by atoms with Crippen LogP contribution in [0.2, 0.25) is 0 Å². The van der Waals surface area contributed by atoms with E-state index in [4.69, 9.17) is 9.47 Å². The highest BCUT2D eigenvalue weighted by Crippen LogP contribution is 2.47. The smallest absolute Gasteiger partial charge is 0.225 e. The Morgan fingerprint density at radius 1 is 1.13 bits per heavy atom. The van der Waals surface area contributed by atoms with Crippen molar-refractivity contribution in [1.82, 2.24) is 0 Å². The van der Waals surface area contributed by atoms with Gasteiger partial charge in [-0.15, -0.1) is 0 Å². The second kappa shape index (κ2) is 7.92. The van der Waals surface area contributed by atoms with Crippen molar-refractivity contribution < 1.29 is 29.9 Å². The summed E-state index contributed by atoms with van der Waals surface area (Å²) in [5.74, 6) is -1.63. The summed E-state index contributed by atoms with van der Waals surface area (Å²) in [5.41, 5.74) is 5.78. The van der Waals surface area contributed by atoms with Gasteiger partial charge in [0.25, 0.3) is 0 Å². The highest BCUT2D eigenvalue weighted by atomic mass is 16.7. The fraction of sp³-hybridized carbons (Fsp3) is 0.478. The number of nitrogens with one attached hydrogen (secondary N) is 1. The third-order valence-electron chi connectivity index (χ3n) is 6.20. The molecule has 2 aliphatic heterocycles. The summed E-state index contributed by atoms with van der Waals surface area (Å²) in [4.78, 5) is 0. The van der Waals surface area contributed by atoms with E-state index in [9.17, 15) is 20.4 Å². The average Bonchev–Trinajstić information content (AvgIpc) is 3.08. The second-order valence-corrected chi connectivity index (χ2v) is 8.26. The van der Waals surface area contributed by atoms with E-state index < -0.39 is 36.3 Å². The van der Waals surface area contributed by atoms with Crippen molar-refractivity contribution in [2.75, 3.05) is 12.4 Å². The van der Waals surface area contributed by atoms with Crippen LogP contribution in [0, 0.1) is 6.92 Å². The topological polar surface area (TPSA) is 111 Å². The maximum atomic E-state index is 10.8. The van der Waals surface area contributed by atoms with Crippen molar-refractivity contribution in [2.24, 2.45) is 0 Å². The molecule has 1 saturated heterocycles. The van der Waals surface area contributed by atoms with Gasteiger partial charge in [-0.05, 0) is 60.7 Å². The first-order valence-electron chi connectivity index (χ1n) is 10.2. The third kappa shape index (κ3) is 3.41. The molecule has 2 aliphatic rings. The first-order valence-corrected chi connectivity index (χ1v) is 10.2. The number of hydrogen-bond acceptors (Lipinski definition) is 7. The molecule has 7 heteroatoms. The van der Waals surface area contributed by atoms with E-state index >= 15 is 0 Å². The summed E-state index contributed by atoms with van der Waals surface area (Å²) in [6, 6.07) is 12.1. The maximum Gasteiger partial charge on any atom is 0.225 e. The zero-order chi connectivity index (χ0) is 21.6. The van der Waals surface area contributed by atoms with Gasteiger partial charge in [0.1, 0.15) is 24.4 Å². The molecule has 0 aliphatic carbocycles. The summed E-state index contributed by atoms with van der Waals surface area (Å²) in [5, 5.41) is 44.6. The lowest BCUT2D eigenvalue weighted by Crippen LogP contribution is -2.64. The molecular formula is C23H29NO6. The van der Waals surface area contributed by atoms with Crippen molar-refractivity contribution in [2.45, 2.75) is 63.2 Å². The molecule has 6 atom stereocenters. The van der Waals surface area contributed by atoms with Gasteiger partial charge in [0.15, 0.2) is 0 Å². The molecule has 1 fully saturated rings. The molecule has 30 heavy (non-hydrogen) atoms. The first-order chi connectivity index (χ1) is 14.3. The number of aliphatic hydroxyl groups is 4. The molecule has 0 radical (unpaired) electrons. The van der Waals surface area contributed by atoms with E-state index in [1.54, 1.807) is 0 Å². The molecule has 7 nitrogen and oxygen atoms in total. The Kier molecular flexibility index (Phi) is 5.61. The van der Waals surface area contributed by atoms with Crippen molar-refractivity contribution in [3.8, 4) is 0 Å². The summed E-state index contributed by atoms with van der Waals surface area (Å²) >= 11 is 0. The third-order valence-corrected chi connectivity index (χ3v) is 6.20. The van der Waals surface area contributed by atoms with Crippen molar-refractivity contribution in [1.29, 1.82) is 0 Å². The number of anilines is 1. The molecule has 2 aromatic rings. The Morgan fingerprint density at radius 2 is 1.83 bits per heavy atom. The minimum Gasteiger partial charge on any atom is -0.391 e. The van der Waals surface area contributed by atoms with Crippen molar-refractivity contribution in [3.05, 3.63) is 64.2 Å². The molecule has 0 amide bonds. The fourth-order valence-electron chi connectivity index (χ4n) is 4.39. The predicted octanol–water partition coefficient (Wildman–Crippen LogP) is 1.17. The number of benzene rings is 2. The van der Waals surface area contributed by atoms with E-state index in [0.29, 0.717) is 12.0 Å². The lowest BCUT2D eigenvalue weighted by atomic mass is 9.84. The summed E-state index contributed by atoms with van der Waals surface area (Å²) < 4.78 is 11.8. The van der Waals surface area contributed by atoms with Crippen LogP contribution in [0.15, 0.2) is 36.4 Å². The normalized spacial score (nSPS) is 31.6.